The maximum atomic E-state index is 5.12. The molecule has 0 fully saturated rings. The predicted octanol–water partition coefficient (Wildman–Crippen LogP) is 8.99. The largest absolute Gasteiger partial charge is 0.308 e. The first-order valence-electron chi connectivity index (χ1n) is 11.4. The molecule has 34 heavy (non-hydrogen) atoms. The summed E-state index contributed by atoms with van der Waals surface area (Å²) in [6.07, 6.45) is 0. The van der Waals surface area contributed by atoms with E-state index in [0.717, 1.165) is 16.8 Å². The molecule has 7 rings (SSSR count). The van der Waals surface area contributed by atoms with E-state index in [1.165, 1.54) is 43.0 Å². The van der Waals surface area contributed by atoms with Gasteiger partial charge in [-0.3, -0.25) is 0 Å². The van der Waals surface area contributed by atoms with Crippen LogP contribution < -0.4 is 4.90 Å². The minimum atomic E-state index is 1.03. The highest BCUT2D eigenvalue weighted by Crippen LogP contribution is 2.52. The van der Waals surface area contributed by atoms with Crippen LogP contribution >= 0.6 is 11.8 Å². The number of rotatable bonds is 2. The predicted molar refractivity (Wildman–Crippen MR) is 143 cm³/mol. The molecule has 2 nitrogen and oxygen atoms in total. The average Bonchev–Trinajstić information content (AvgIpc) is 2.91. The third kappa shape index (κ3) is 3.01. The van der Waals surface area contributed by atoms with Crippen molar-refractivity contribution in [2.24, 2.45) is 0 Å². The lowest BCUT2D eigenvalue weighted by atomic mass is 9.99. The van der Waals surface area contributed by atoms with Crippen LogP contribution in [0.3, 0.4) is 0 Å². The summed E-state index contributed by atoms with van der Waals surface area (Å²) >= 11 is 1.83. The zero-order chi connectivity index (χ0) is 22.5. The van der Waals surface area contributed by atoms with E-state index in [0.29, 0.717) is 0 Å². The molecular formula is C31H20N2S. The van der Waals surface area contributed by atoms with Crippen molar-refractivity contribution in [3.63, 3.8) is 0 Å². The fraction of sp³-hybridized carbons (Fsp3) is 0. The highest BCUT2D eigenvalue weighted by molar-refractivity contribution is 7.99. The molecule has 0 spiro atoms. The lowest BCUT2D eigenvalue weighted by molar-refractivity contribution is 1.17. The zero-order valence-corrected chi connectivity index (χ0v) is 19.2. The number of pyridine rings is 1. The molecule has 160 valence electrons. The lowest BCUT2D eigenvalue weighted by Gasteiger charge is -2.33. The summed E-state index contributed by atoms with van der Waals surface area (Å²) in [4.78, 5) is 9.97. The van der Waals surface area contributed by atoms with Crippen molar-refractivity contribution in [3.8, 4) is 11.3 Å². The number of anilines is 3. The van der Waals surface area contributed by atoms with E-state index in [2.05, 4.69) is 126 Å². The zero-order valence-electron chi connectivity index (χ0n) is 18.3. The SMILES string of the molecule is c1ccc(N2c3ccccc3Sc3cc(-c4nc5ccccc5c5ccccc45)ccc32)cc1. The molecular weight excluding hydrogens is 432 g/mol. The Labute approximate surface area is 202 Å². The number of benzene rings is 5. The van der Waals surface area contributed by atoms with Crippen molar-refractivity contribution in [1.82, 2.24) is 4.98 Å². The van der Waals surface area contributed by atoms with Crippen LogP contribution in [0.5, 0.6) is 0 Å². The molecule has 0 amide bonds. The van der Waals surface area contributed by atoms with E-state index < -0.39 is 0 Å². The minimum absolute atomic E-state index is 1.03. The van der Waals surface area contributed by atoms with Crippen molar-refractivity contribution >= 4 is 50.5 Å². The van der Waals surface area contributed by atoms with Gasteiger partial charge < -0.3 is 4.90 Å². The Balaban J connectivity index is 1.45. The summed E-state index contributed by atoms with van der Waals surface area (Å²) in [5.41, 5.74) is 6.77. The van der Waals surface area contributed by atoms with Gasteiger partial charge in [0.2, 0.25) is 0 Å². The van der Waals surface area contributed by atoms with Crippen molar-refractivity contribution in [1.29, 1.82) is 0 Å². The monoisotopic (exact) mass is 452 g/mol. The lowest BCUT2D eigenvalue weighted by Crippen LogP contribution is -2.14. The van der Waals surface area contributed by atoms with Crippen molar-refractivity contribution in [2.45, 2.75) is 9.79 Å². The first kappa shape index (κ1) is 19.4. The number of hydrogen-bond acceptors (Lipinski definition) is 3. The Morgan fingerprint density at radius 1 is 0.529 bits per heavy atom. The number of nitrogens with zero attached hydrogens (tertiary/aromatic N) is 2. The summed E-state index contributed by atoms with van der Waals surface area (Å²) in [5.74, 6) is 0. The topological polar surface area (TPSA) is 16.1 Å². The molecule has 0 N–H and O–H groups in total. The molecule has 1 aliphatic heterocycles. The van der Waals surface area contributed by atoms with Crippen LogP contribution in [0.2, 0.25) is 0 Å². The van der Waals surface area contributed by atoms with Gasteiger partial charge in [-0.15, -0.1) is 0 Å². The molecule has 2 heterocycles. The van der Waals surface area contributed by atoms with E-state index in [1.54, 1.807) is 0 Å². The highest BCUT2D eigenvalue weighted by atomic mass is 32.2. The first-order valence-corrected chi connectivity index (χ1v) is 12.2. The fourth-order valence-electron chi connectivity index (χ4n) is 4.88. The Morgan fingerprint density at radius 3 is 2.09 bits per heavy atom. The average molecular weight is 453 g/mol. The molecule has 0 aliphatic carbocycles. The van der Waals surface area contributed by atoms with Gasteiger partial charge >= 0.3 is 0 Å². The van der Waals surface area contributed by atoms with Crippen molar-refractivity contribution in [3.05, 3.63) is 121 Å². The maximum absolute atomic E-state index is 5.12. The number of aromatic nitrogens is 1. The summed E-state index contributed by atoms with van der Waals surface area (Å²) < 4.78 is 0. The number of hydrogen-bond donors (Lipinski definition) is 0. The summed E-state index contributed by atoms with van der Waals surface area (Å²) in [7, 11) is 0. The molecule has 1 aliphatic rings. The van der Waals surface area contributed by atoms with Gasteiger partial charge in [0.25, 0.3) is 0 Å². The molecule has 1 aromatic heterocycles. The van der Waals surface area contributed by atoms with E-state index in [4.69, 9.17) is 4.98 Å². The third-order valence-corrected chi connectivity index (χ3v) is 7.54. The van der Waals surface area contributed by atoms with Gasteiger partial charge in [-0.25, -0.2) is 4.98 Å². The molecule has 0 saturated carbocycles. The smallest absolute Gasteiger partial charge is 0.0788 e. The van der Waals surface area contributed by atoms with E-state index >= 15 is 0 Å². The second kappa shape index (κ2) is 7.75. The van der Waals surface area contributed by atoms with E-state index in [1.807, 2.05) is 11.8 Å². The van der Waals surface area contributed by atoms with Crippen LogP contribution in [0.4, 0.5) is 17.1 Å². The Hall–Kier alpha value is -4.08. The molecule has 0 atom stereocenters. The number of fused-ring (bicyclic) bond motifs is 5. The van der Waals surface area contributed by atoms with Gasteiger partial charge in [0.15, 0.2) is 0 Å². The minimum Gasteiger partial charge on any atom is -0.308 e. The van der Waals surface area contributed by atoms with E-state index in [-0.39, 0.29) is 0 Å². The Morgan fingerprint density at radius 2 is 1.21 bits per heavy atom. The van der Waals surface area contributed by atoms with Crippen molar-refractivity contribution < 1.29 is 0 Å². The Kier molecular flexibility index (Phi) is 4.42. The molecule has 0 radical (unpaired) electrons. The van der Waals surface area contributed by atoms with Gasteiger partial charge in [-0.1, -0.05) is 90.6 Å². The normalized spacial score (nSPS) is 12.5. The molecule has 3 heteroatoms. The van der Waals surface area contributed by atoms with Crippen LogP contribution in [-0.4, -0.2) is 4.98 Å². The quantitative estimate of drug-likeness (QED) is 0.243. The summed E-state index contributed by atoms with van der Waals surface area (Å²) in [6.45, 7) is 0. The van der Waals surface area contributed by atoms with Gasteiger partial charge in [0, 0.05) is 31.8 Å². The maximum Gasteiger partial charge on any atom is 0.0788 e. The van der Waals surface area contributed by atoms with Gasteiger partial charge in [-0.2, -0.15) is 0 Å². The summed E-state index contributed by atoms with van der Waals surface area (Å²) in [6, 6.07) is 43.0. The standard InChI is InChI=1S/C31H20N2S/c1-2-10-22(11-3-1)33-27-16-8-9-17-29(27)34-30-20-21(18-19-28(30)33)31-25-14-5-4-12-23(25)24-13-6-7-15-26(24)32-31/h1-20H. The van der Waals surface area contributed by atoms with Crippen LogP contribution in [0.1, 0.15) is 0 Å². The van der Waals surface area contributed by atoms with Gasteiger partial charge in [0.05, 0.1) is 22.6 Å². The van der Waals surface area contributed by atoms with Crippen molar-refractivity contribution in [2.75, 3.05) is 4.90 Å². The fourth-order valence-corrected chi connectivity index (χ4v) is 5.98. The second-order valence-corrected chi connectivity index (χ2v) is 9.53. The van der Waals surface area contributed by atoms with E-state index in [9.17, 15) is 0 Å². The second-order valence-electron chi connectivity index (χ2n) is 8.45. The third-order valence-electron chi connectivity index (χ3n) is 6.42. The Bertz CT molecular complexity index is 1690. The van der Waals surface area contributed by atoms with Crippen LogP contribution in [0, 0.1) is 0 Å². The molecule has 6 aromatic rings. The first-order chi connectivity index (χ1) is 16.9. The highest BCUT2D eigenvalue weighted by Gasteiger charge is 2.25. The van der Waals surface area contributed by atoms with Crippen LogP contribution in [0.15, 0.2) is 131 Å². The van der Waals surface area contributed by atoms with Crippen LogP contribution in [0.25, 0.3) is 32.9 Å². The van der Waals surface area contributed by atoms with Gasteiger partial charge in [0.1, 0.15) is 0 Å². The molecule has 0 unspecified atom stereocenters. The summed E-state index contributed by atoms with van der Waals surface area (Å²) in [5, 5.41) is 3.62. The molecule has 5 aromatic carbocycles. The van der Waals surface area contributed by atoms with Gasteiger partial charge in [-0.05, 0) is 47.9 Å². The molecule has 0 bridgehead atoms. The van der Waals surface area contributed by atoms with Crippen LogP contribution in [-0.2, 0) is 0 Å². The molecule has 0 saturated heterocycles. The number of para-hydroxylation sites is 3.